The van der Waals surface area contributed by atoms with Gasteiger partial charge in [0.25, 0.3) is 6.71 Å². The summed E-state index contributed by atoms with van der Waals surface area (Å²) in [6.45, 7) is 42.3. The van der Waals surface area contributed by atoms with Crippen LogP contribution in [0.5, 0.6) is 0 Å². The summed E-state index contributed by atoms with van der Waals surface area (Å²) in [7, 11) is 0. The molecule has 0 saturated carbocycles. The minimum atomic E-state index is -0.200. The van der Waals surface area contributed by atoms with E-state index in [4.69, 9.17) is 4.42 Å². The van der Waals surface area contributed by atoms with Crippen LogP contribution >= 0.6 is 0 Å². The first-order valence-electron chi connectivity index (χ1n) is 30.7. The maximum Gasteiger partial charge on any atom is 0.252 e. The summed E-state index contributed by atoms with van der Waals surface area (Å²) in [5.74, 6) is 0. The molecule has 0 bridgehead atoms. The van der Waals surface area contributed by atoms with Crippen molar-refractivity contribution in [3.8, 4) is 11.4 Å². The largest absolute Gasteiger partial charge is 0.456 e. The number of anilines is 6. The van der Waals surface area contributed by atoms with Crippen molar-refractivity contribution in [3.05, 3.63) is 185 Å². The molecule has 0 radical (unpaired) electrons. The van der Waals surface area contributed by atoms with E-state index in [0.29, 0.717) is 0 Å². The summed E-state index contributed by atoms with van der Waals surface area (Å²) in [5, 5.41) is 7.44. The lowest BCUT2D eigenvalue weighted by atomic mass is 9.33. The molecule has 0 amide bonds. The van der Waals surface area contributed by atoms with Crippen LogP contribution in [0.25, 0.3) is 76.9 Å². The molecule has 84 heavy (non-hydrogen) atoms. The number of benzene rings is 9. The summed E-state index contributed by atoms with van der Waals surface area (Å²) in [5.41, 5.74) is 27.7. The second kappa shape index (κ2) is 16.9. The molecule has 6 heteroatoms. The Morgan fingerprint density at radius 3 is 1.36 bits per heavy atom. The zero-order chi connectivity index (χ0) is 59.0. The molecule has 3 aliphatic heterocycles. The van der Waals surface area contributed by atoms with Gasteiger partial charge in [0.2, 0.25) is 0 Å². The van der Waals surface area contributed by atoms with Crippen LogP contribution in [0.3, 0.4) is 0 Å². The number of hydrogen-bond acceptors (Lipinski definition) is 3. The van der Waals surface area contributed by atoms with Crippen molar-refractivity contribution in [2.45, 2.75) is 157 Å². The molecule has 0 aliphatic carbocycles. The molecule has 0 spiro atoms. The van der Waals surface area contributed by atoms with Gasteiger partial charge in [-0.2, -0.15) is 0 Å². The van der Waals surface area contributed by atoms with E-state index in [1.54, 1.807) is 0 Å². The maximum absolute atomic E-state index is 6.82. The fourth-order valence-corrected chi connectivity index (χ4v) is 14.3. The number of rotatable bonds is 2. The third-order valence-corrected chi connectivity index (χ3v) is 19.3. The Hall–Kier alpha value is -7.96. The first-order chi connectivity index (χ1) is 39.4. The van der Waals surface area contributed by atoms with E-state index in [-0.39, 0.29) is 39.2 Å². The zero-order valence-corrected chi connectivity index (χ0v) is 52.7. The number of aromatic nitrogens is 2. The molecule has 0 saturated heterocycles. The molecule has 9 aromatic carbocycles. The molecule has 6 heterocycles. The van der Waals surface area contributed by atoms with Crippen molar-refractivity contribution in [3.63, 3.8) is 0 Å². The summed E-state index contributed by atoms with van der Waals surface area (Å²) >= 11 is 0. The van der Waals surface area contributed by atoms with Gasteiger partial charge in [-0.1, -0.05) is 173 Å². The highest BCUT2D eigenvalue weighted by Crippen LogP contribution is 2.55. The Labute approximate surface area is 497 Å². The van der Waals surface area contributed by atoms with Crippen LogP contribution in [0.1, 0.15) is 158 Å². The topological polar surface area (TPSA) is 29.5 Å². The number of nitrogens with zero attached hydrogens (tertiary/aromatic N) is 4. The lowest BCUT2D eigenvalue weighted by Gasteiger charge is -2.47. The SMILES string of the molecule is CC(C)(C)c1cc2c3c(c1)N1c4c(cc(C(C)(C)C)cc4-n4c5ccc(C(C)(C)C)cc5c5cc(C(C)(C)C)cc1c54)B3c1ccc(-n3c4ccc(C(C)(C)C)cc4c4cc(C(C)(C)C)ccc43)cc1N2c1ccc2c(c1)oc1ccccc12. The van der Waals surface area contributed by atoms with Crippen molar-refractivity contribution in [1.29, 1.82) is 0 Å². The van der Waals surface area contributed by atoms with E-state index in [1.807, 2.05) is 0 Å². The number of furan rings is 1. The number of hydrogen-bond donors (Lipinski definition) is 0. The van der Waals surface area contributed by atoms with Gasteiger partial charge in [-0.05, 0) is 179 Å². The summed E-state index contributed by atoms with van der Waals surface area (Å²) in [4.78, 5) is 5.33. The van der Waals surface area contributed by atoms with E-state index in [1.165, 1.54) is 128 Å². The Morgan fingerprint density at radius 1 is 0.310 bits per heavy atom. The maximum atomic E-state index is 6.82. The third kappa shape index (κ3) is 7.60. The van der Waals surface area contributed by atoms with Crippen LogP contribution in [-0.2, 0) is 32.5 Å². The van der Waals surface area contributed by atoms with Crippen molar-refractivity contribution >= 4 is 123 Å². The van der Waals surface area contributed by atoms with Gasteiger partial charge in [-0.15, -0.1) is 0 Å². The van der Waals surface area contributed by atoms with E-state index < -0.39 is 0 Å². The predicted octanol–water partition coefficient (Wildman–Crippen LogP) is 20.0. The average molecular weight is 1100 g/mol. The highest BCUT2D eigenvalue weighted by molar-refractivity contribution is 7.00. The molecule has 0 N–H and O–H groups in total. The van der Waals surface area contributed by atoms with Crippen LogP contribution in [0.4, 0.5) is 34.1 Å². The molecule has 3 aliphatic rings. The summed E-state index contributed by atoms with van der Waals surface area (Å²) < 4.78 is 12.0. The van der Waals surface area contributed by atoms with E-state index in [0.717, 1.165) is 33.3 Å². The van der Waals surface area contributed by atoms with Crippen LogP contribution in [0.2, 0.25) is 0 Å². The average Bonchev–Trinajstić information content (AvgIpc) is 1.12. The van der Waals surface area contributed by atoms with Crippen molar-refractivity contribution in [2.24, 2.45) is 0 Å². The second-order valence-corrected chi connectivity index (χ2v) is 31.2. The molecule has 420 valence electrons. The highest BCUT2D eigenvalue weighted by atomic mass is 16.3. The van der Waals surface area contributed by atoms with E-state index >= 15 is 0 Å². The minimum Gasteiger partial charge on any atom is -0.456 e. The molecule has 0 unspecified atom stereocenters. The van der Waals surface area contributed by atoms with Crippen molar-refractivity contribution in [2.75, 3.05) is 9.80 Å². The monoisotopic (exact) mass is 1100 g/mol. The van der Waals surface area contributed by atoms with Crippen LogP contribution < -0.4 is 26.2 Å². The first-order valence-corrected chi connectivity index (χ1v) is 30.7. The van der Waals surface area contributed by atoms with Gasteiger partial charge in [0.1, 0.15) is 11.2 Å². The molecule has 12 aromatic rings. The fraction of sp³-hybridized carbons (Fsp3) is 0.308. The Bertz CT molecular complexity index is 4790. The Balaban J connectivity index is 1.09. The van der Waals surface area contributed by atoms with Crippen molar-refractivity contribution in [1.82, 2.24) is 9.13 Å². The van der Waals surface area contributed by atoms with Gasteiger partial charge < -0.3 is 23.4 Å². The summed E-state index contributed by atoms with van der Waals surface area (Å²) in [6.07, 6.45) is 0. The summed E-state index contributed by atoms with van der Waals surface area (Å²) in [6, 6.07) is 59.9. The van der Waals surface area contributed by atoms with Gasteiger partial charge in [-0.3, -0.25) is 0 Å². The molecule has 15 rings (SSSR count). The van der Waals surface area contributed by atoms with Crippen LogP contribution in [0.15, 0.2) is 156 Å². The fourth-order valence-electron chi connectivity index (χ4n) is 14.3. The third-order valence-electron chi connectivity index (χ3n) is 19.3. The van der Waals surface area contributed by atoms with E-state index in [9.17, 15) is 0 Å². The molecule has 5 nitrogen and oxygen atoms in total. The minimum absolute atomic E-state index is 0.0120. The molecular weight excluding hydrogens is 1020 g/mol. The molecule has 0 atom stereocenters. The van der Waals surface area contributed by atoms with Gasteiger partial charge in [-0.25, -0.2) is 0 Å². The molecule has 0 fully saturated rings. The van der Waals surface area contributed by atoms with Gasteiger partial charge in [0.05, 0.1) is 39.1 Å². The lowest BCUT2D eigenvalue weighted by Crippen LogP contribution is -2.62. The molecular formula is C78H79BN4O. The predicted molar refractivity (Wildman–Crippen MR) is 362 cm³/mol. The number of fused-ring (bicyclic) bond motifs is 15. The smallest absolute Gasteiger partial charge is 0.252 e. The normalized spacial score (nSPS) is 14.5. The second-order valence-electron chi connectivity index (χ2n) is 31.2. The zero-order valence-electron chi connectivity index (χ0n) is 52.7. The van der Waals surface area contributed by atoms with Crippen LogP contribution in [0, 0.1) is 0 Å². The van der Waals surface area contributed by atoms with Gasteiger partial charge >= 0.3 is 0 Å². The first kappa shape index (κ1) is 52.8. The Morgan fingerprint density at radius 2 is 0.774 bits per heavy atom. The molecule has 3 aromatic heterocycles. The quantitative estimate of drug-likeness (QED) is 0.162. The lowest BCUT2D eigenvalue weighted by molar-refractivity contribution is 0.589. The standard InChI is InChI=1S/C78H79BN4O/c1-73(2,3)44-23-30-60-54(33-44)55-34-45(74(4,5)6)24-31-61(55)80(60)50-27-29-58-63(42-50)81(51-26-28-53-52-21-19-20-22-68(52)84-69(53)43-51)64-38-49(78(16,17)18)39-65-70(64)79(58)59-37-48(77(13,14)15)41-67-72(59)83(65)66-40-47(76(10,11)12)36-57-56-35-46(75(7,8)9)25-32-62(56)82(67)71(57)66/h19-43H,1-18H3. The van der Waals surface area contributed by atoms with Crippen LogP contribution in [-0.4, -0.2) is 15.8 Å². The number of para-hydroxylation sites is 1. The highest BCUT2D eigenvalue weighted by Gasteiger charge is 2.48. The van der Waals surface area contributed by atoms with Crippen molar-refractivity contribution < 1.29 is 4.42 Å². The van der Waals surface area contributed by atoms with Gasteiger partial charge in [0.15, 0.2) is 0 Å². The van der Waals surface area contributed by atoms with Gasteiger partial charge in [0, 0.05) is 66.8 Å². The van der Waals surface area contributed by atoms with E-state index in [2.05, 4.69) is 295 Å². The Kier molecular flexibility index (Phi) is 10.6.